The first kappa shape index (κ1) is 21.9. The molecule has 1 atom stereocenters. The Balaban J connectivity index is 0.000000828. The number of carbonyl (C=O) groups is 2. The van der Waals surface area contributed by atoms with Gasteiger partial charge in [0.1, 0.15) is 22.8 Å². The number of hydrogen-bond donors (Lipinski definition) is 3. The molecule has 2 amide bonds. The number of amides is 2. The first-order valence-corrected chi connectivity index (χ1v) is 8.35. The number of aromatic amines is 1. The van der Waals surface area contributed by atoms with E-state index in [1.165, 1.54) is 24.4 Å². The van der Waals surface area contributed by atoms with Gasteiger partial charge < -0.3 is 10.6 Å². The number of H-pyrrole nitrogens is 1. The minimum Gasteiger partial charge on any atom is -0.347 e. The Bertz CT molecular complexity index is 847. The third-order valence-electron chi connectivity index (χ3n) is 3.03. The van der Waals surface area contributed by atoms with E-state index in [0.29, 0.717) is 0 Å². The van der Waals surface area contributed by atoms with E-state index in [1.54, 1.807) is 0 Å². The average molecular weight is 391 g/mol. The van der Waals surface area contributed by atoms with Crippen LogP contribution in [-0.4, -0.2) is 28.6 Å². The summed E-state index contributed by atoms with van der Waals surface area (Å²) < 4.78 is 13.8. The van der Waals surface area contributed by atoms with Crippen LogP contribution in [0, 0.1) is 10.7 Å². The summed E-state index contributed by atoms with van der Waals surface area (Å²) in [5.41, 5.74) is -0.835. The summed E-state index contributed by atoms with van der Waals surface area (Å²) in [7, 11) is 2.47. The maximum Gasteiger partial charge on any atom is 0.271 e. The summed E-state index contributed by atoms with van der Waals surface area (Å²) in [6.45, 7) is 5.66. The summed E-state index contributed by atoms with van der Waals surface area (Å²) in [4.78, 5) is 34.7. The topological polar surface area (TPSA) is 116 Å². The number of halogens is 1. The van der Waals surface area contributed by atoms with E-state index in [-0.39, 0.29) is 23.6 Å². The molecule has 27 heavy (non-hydrogen) atoms. The number of hydrogen-bond acceptors (Lipinski definition) is 5. The van der Waals surface area contributed by atoms with Crippen molar-refractivity contribution in [2.24, 2.45) is 5.18 Å². The Morgan fingerprint density at radius 1 is 1.41 bits per heavy atom. The van der Waals surface area contributed by atoms with Crippen LogP contribution in [0.5, 0.6) is 0 Å². The van der Waals surface area contributed by atoms with Gasteiger partial charge in [0.05, 0.1) is 11.9 Å². The highest BCUT2D eigenvalue weighted by molar-refractivity contribution is 7.20. The molecule has 0 aliphatic rings. The maximum absolute atomic E-state index is 13.8. The number of nitrogens with zero attached hydrogens (tertiary/aromatic N) is 2. The summed E-state index contributed by atoms with van der Waals surface area (Å²) >= 11 is 0. The van der Waals surface area contributed by atoms with E-state index in [9.17, 15) is 18.9 Å². The Labute approximate surface area is 157 Å². The SMILES string of the molecule is C/C=C/P.C=CCNC(=O)c1[nH]ncc1NC(=O)c1c(F)cccc1N=O. The Morgan fingerprint density at radius 3 is 2.70 bits per heavy atom. The van der Waals surface area contributed by atoms with Gasteiger partial charge in [-0.3, -0.25) is 14.7 Å². The lowest BCUT2D eigenvalue weighted by Gasteiger charge is -2.07. The zero-order chi connectivity index (χ0) is 20.2. The molecular formula is C17H19FN5O3P. The summed E-state index contributed by atoms with van der Waals surface area (Å²) in [6, 6.07) is 3.49. The zero-order valence-corrected chi connectivity index (χ0v) is 15.7. The minimum atomic E-state index is -0.920. The van der Waals surface area contributed by atoms with E-state index in [1.807, 2.05) is 18.8 Å². The number of benzene rings is 1. The highest BCUT2D eigenvalue weighted by Crippen LogP contribution is 2.23. The van der Waals surface area contributed by atoms with Crippen molar-refractivity contribution in [3.05, 3.63) is 70.9 Å². The van der Waals surface area contributed by atoms with E-state index in [4.69, 9.17) is 0 Å². The van der Waals surface area contributed by atoms with Gasteiger partial charge in [0.2, 0.25) is 0 Å². The van der Waals surface area contributed by atoms with Crippen LogP contribution in [0.15, 0.2) is 54.1 Å². The lowest BCUT2D eigenvalue weighted by atomic mass is 10.1. The summed E-state index contributed by atoms with van der Waals surface area (Å²) in [6.07, 6.45) is 4.63. The van der Waals surface area contributed by atoms with Gasteiger partial charge in [-0.15, -0.1) is 20.7 Å². The Hall–Kier alpha value is -3.19. The predicted octanol–water partition coefficient (Wildman–Crippen LogP) is 3.51. The van der Waals surface area contributed by atoms with Gasteiger partial charge >= 0.3 is 0 Å². The number of allylic oxidation sites excluding steroid dienone is 1. The van der Waals surface area contributed by atoms with Gasteiger partial charge in [-0.25, -0.2) is 4.39 Å². The fourth-order valence-corrected chi connectivity index (χ4v) is 1.81. The van der Waals surface area contributed by atoms with Crippen LogP contribution >= 0.6 is 9.24 Å². The fraction of sp³-hybridized carbons (Fsp3) is 0.118. The van der Waals surface area contributed by atoms with Gasteiger partial charge in [-0.05, 0) is 24.2 Å². The first-order valence-electron chi connectivity index (χ1n) is 7.68. The first-order chi connectivity index (χ1) is 13.0. The van der Waals surface area contributed by atoms with Crippen LogP contribution in [-0.2, 0) is 0 Å². The molecular weight excluding hydrogens is 372 g/mol. The zero-order valence-electron chi connectivity index (χ0n) is 14.5. The van der Waals surface area contributed by atoms with E-state index in [2.05, 4.69) is 41.8 Å². The smallest absolute Gasteiger partial charge is 0.271 e. The molecule has 10 heteroatoms. The second kappa shape index (κ2) is 11.4. The summed E-state index contributed by atoms with van der Waals surface area (Å²) in [5, 5.41) is 13.5. The highest BCUT2D eigenvalue weighted by atomic mass is 31.0. The molecule has 0 bridgehead atoms. The van der Waals surface area contributed by atoms with Crippen molar-refractivity contribution in [1.82, 2.24) is 15.5 Å². The van der Waals surface area contributed by atoms with Crippen LogP contribution in [0.4, 0.5) is 15.8 Å². The molecule has 8 nitrogen and oxygen atoms in total. The highest BCUT2D eigenvalue weighted by Gasteiger charge is 2.21. The maximum atomic E-state index is 13.8. The van der Waals surface area contributed by atoms with Crippen molar-refractivity contribution < 1.29 is 14.0 Å². The van der Waals surface area contributed by atoms with Crippen molar-refractivity contribution in [3.8, 4) is 0 Å². The Morgan fingerprint density at radius 2 is 2.11 bits per heavy atom. The number of carbonyl (C=O) groups excluding carboxylic acids is 2. The van der Waals surface area contributed by atoms with Crippen molar-refractivity contribution >= 4 is 32.4 Å². The second-order valence-corrected chi connectivity index (χ2v) is 5.25. The van der Waals surface area contributed by atoms with Gasteiger partial charge in [0.15, 0.2) is 0 Å². The van der Waals surface area contributed by atoms with Gasteiger partial charge in [-0.2, -0.15) is 5.10 Å². The molecule has 0 aliphatic heterocycles. The fourth-order valence-electron chi connectivity index (χ4n) is 1.81. The number of rotatable bonds is 6. The lowest BCUT2D eigenvalue weighted by Crippen LogP contribution is -2.25. The molecule has 3 N–H and O–H groups in total. The van der Waals surface area contributed by atoms with E-state index >= 15 is 0 Å². The molecule has 0 saturated heterocycles. The van der Waals surface area contributed by atoms with Gasteiger partial charge in [0, 0.05) is 6.54 Å². The number of nitroso groups, excluding NO2 is 1. The molecule has 2 aromatic rings. The molecule has 0 aliphatic carbocycles. The molecule has 142 valence electrons. The monoisotopic (exact) mass is 391 g/mol. The predicted molar refractivity (Wildman–Crippen MR) is 105 cm³/mol. The van der Waals surface area contributed by atoms with Crippen molar-refractivity contribution in [2.75, 3.05) is 11.9 Å². The van der Waals surface area contributed by atoms with Gasteiger partial charge in [0.25, 0.3) is 11.8 Å². The Kier molecular flexibility index (Phi) is 9.25. The quantitative estimate of drug-likeness (QED) is 0.397. The molecule has 0 fully saturated rings. The van der Waals surface area contributed by atoms with Gasteiger partial charge in [-0.1, -0.05) is 24.0 Å². The van der Waals surface area contributed by atoms with Crippen LogP contribution in [0.3, 0.4) is 0 Å². The second-order valence-electron chi connectivity index (χ2n) is 4.86. The largest absolute Gasteiger partial charge is 0.347 e. The molecule has 0 spiro atoms. The number of anilines is 1. The summed E-state index contributed by atoms with van der Waals surface area (Å²) in [5.74, 6) is -0.433. The molecule has 1 unspecified atom stereocenters. The molecule has 1 aromatic heterocycles. The van der Waals surface area contributed by atoms with Crippen LogP contribution in [0.1, 0.15) is 27.8 Å². The molecule has 0 radical (unpaired) electrons. The van der Waals surface area contributed by atoms with Crippen LogP contribution in [0.2, 0.25) is 0 Å². The van der Waals surface area contributed by atoms with Crippen molar-refractivity contribution in [3.63, 3.8) is 0 Å². The van der Waals surface area contributed by atoms with Crippen molar-refractivity contribution in [1.29, 1.82) is 0 Å². The lowest BCUT2D eigenvalue weighted by molar-refractivity contribution is 0.0954. The number of nitrogens with one attached hydrogen (secondary N) is 3. The van der Waals surface area contributed by atoms with Crippen LogP contribution < -0.4 is 10.6 Å². The van der Waals surface area contributed by atoms with Crippen LogP contribution in [0.25, 0.3) is 0 Å². The molecule has 0 saturated carbocycles. The molecule has 2 rings (SSSR count). The van der Waals surface area contributed by atoms with E-state index < -0.39 is 23.2 Å². The minimum absolute atomic E-state index is 0.0165. The third kappa shape index (κ3) is 6.23. The third-order valence-corrected chi connectivity index (χ3v) is 3.42. The van der Waals surface area contributed by atoms with Crippen molar-refractivity contribution in [2.45, 2.75) is 6.92 Å². The molecule has 1 heterocycles. The normalized spacial score (nSPS) is 9.89. The number of aromatic nitrogens is 2. The molecule has 1 aromatic carbocycles. The van der Waals surface area contributed by atoms with E-state index in [0.717, 1.165) is 6.07 Å². The standard InChI is InChI=1S/C14H12FN5O3.C3H7P/c1-2-6-16-14(22)12-10(7-17-19-12)18-13(21)11-8(15)4-3-5-9(11)20-23;1-2-3-4/h2-5,7H,1,6H2,(H,16,22)(H,17,19)(H,18,21);2-3H,4H2,1H3/b;3-2+. The average Bonchev–Trinajstić information content (AvgIpc) is 3.13.